The van der Waals surface area contributed by atoms with Gasteiger partial charge in [-0.3, -0.25) is 14.5 Å². The third kappa shape index (κ3) is 3.65. The van der Waals surface area contributed by atoms with E-state index in [0.29, 0.717) is 24.6 Å². The summed E-state index contributed by atoms with van der Waals surface area (Å²) in [6, 6.07) is 5.29. The van der Waals surface area contributed by atoms with Crippen LogP contribution in [-0.2, 0) is 4.79 Å². The maximum Gasteiger partial charge on any atom is 0.321 e. The second-order valence-corrected chi connectivity index (χ2v) is 5.42. The van der Waals surface area contributed by atoms with E-state index in [1.165, 1.54) is 6.92 Å². The third-order valence-electron chi connectivity index (χ3n) is 3.65. The number of likely N-dealkylation sites (tertiary alicyclic amines) is 1. The first-order valence-corrected chi connectivity index (χ1v) is 7.40. The number of nitrogens with one attached hydrogen (secondary N) is 2. The molecule has 0 spiro atoms. The molecule has 8 nitrogen and oxygen atoms in total. The van der Waals surface area contributed by atoms with Crippen LogP contribution in [0.15, 0.2) is 36.8 Å². The lowest BCUT2D eigenvalue weighted by molar-refractivity contribution is -0.114. The highest BCUT2D eigenvalue weighted by molar-refractivity contribution is 5.89. The monoisotopic (exact) mass is 314 g/mol. The van der Waals surface area contributed by atoms with E-state index in [-0.39, 0.29) is 18.0 Å². The van der Waals surface area contributed by atoms with Gasteiger partial charge in [-0.15, -0.1) is 0 Å². The molecule has 0 saturated carbocycles. The number of rotatable bonds is 3. The van der Waals surface area contributed by atoms with Gasteiger partial charge < -0.3 is 15.5 Å². The van der Waals surface area contributed by atoms with E-state index < -0.39 is 0 Å². The van der Waals surface area contributed by atoms with Crippen LogP contribution in [0.3, 0.4) is 0 Å². The molecule has 0 unspecified atom stereocenters. The molecule has 23 heavy (non-hydrogen) atoms. The molecule has 2 aromatic heterocycles. The Morgan fingerprint density at radius 2 is 2.17 bits per heavy atom. The first kappa shape index (κ1) is 15.0. The third-order valence-corrected chi connectivity index (χ3v) is 3.65. The largest absolute Gasteiger partial charge is 0.322 e. The number of carbonyl (C=O) groups is 2. The number of pyridine rings is 1. The summed E-state index contributed by atoms with van der Waals surface area (Å²) in [4.78, 5) is 29.0. The zero-order chi connectivity index (χ0) is 16.2. The number of nitrogens with zero attached hydrogens (tertiary/aromatic N) is 4. The molecule has 3 amide bonds. The van der Waals surface area contributed by atoms with Gasteiger partial charge in [0.05, 0.1) is 17.9 Å². The van der Waals surface area contributed by atoms with E-state index in [1.54, 1.807) is 40.2 Å². The molecule has 1 saturated heterocycles. The predicted molar refractivity (Wildman–Crippen MR) is 85.0 cm³/mol. The highest BCUT2D eigenvalue weighted by atomic mass is 16.2. The molecule has 1 atom stereocenters. The van der Waals surface area contributed by atoms with Crippen LogP contribution in [0.25, 0.3) is 0 Å². The molecule has 2 N–H and O–H groups in total. The van der Waals surface area contributed by atoms with Crippen LogP contribution in [-0.4, -0.2) is 44.7 Å². The molecule has 1 aliphatic heterocycles. The van der Waals surface area contributed by atoms with Crippen molar-refractivity contribution in [2.75, 3.05) is 23.7 Å². The maximum atomic E-state index is 12.2. The minimum absolute atomic E-state index is 0.108. The molecular formula is C15H18N6O2. The lowest BCUT2D eigenvalue weighted by Gasteiger charge is -2.17. The molecule has 1 aliphatic rings. The predicted octanol–water partition coefficient (Wildman–Crippen LogP) is 1.72. The van der Waals surface area contributed by atoms with E-state index in [2.05, 4.69) is 20.7 Å². The number of hydrogen-bond donors (Lipinski definition) is 2. The molecule has 2 aromatic rings. The molecule has 0 aliphatic carbocycles. The fourth-order valence-electron chi connectivity index (χ4n) is 2.57. The Kier molecular flexibility index (Phi) is 4.22. The summed E-state index contributed by atoms with van der Waals surface area (Å²) >= 11 is 0. The summed E-state index contributed by atoms with van der Waals surface area (Å²) in [5.74, 6) is 0.370. The second kappa shape index (κ2) is 6.47. The Morgan fingerprint density at radius 1 is 1.30 bits per heavy atom. The van der Waals surface area contributed by atoms with E-state index in [9.17, 15) is 9.59 Å². The van der Waals surface area contributed by atoms with Gasteiger partial charge >= 0.3 is 6.03 Å². The zero-order valence-corrected chi connectivity index (χ0v) is 12.8. The molecule has 3 rings (SSSR count). The highest BCUT2D eigenvalue weighted by Crippen LogP contribution is 2.22. The summed E-state index contributed by atoms with van der Waals surface area (Å²) in [5, 5.41) is 9.80. The molecule has 3 heterocycles. The summed E-state index contributed by atoms with van der Waals surface area (Å²) in [7, 11) is 0. The van der Waals surface area contributed by atoms with Gasteiger partial charge in [0.25, 0.3) is 0 Å². The lowest BCUT2D eigenvalue weighted by atomic mass is 10.3. The fraction of sp³-hybridized carbons (Fsp3) is 0.333. The Bertz CT molecular complexity index is 699. The summed E-state index contributed by atoms with van der Waals surface area (Å²) < 4.78 is 1.79. The van der Waals surface area contributed by atoms with E-state index >= 15 is 0 Å². The standard InChI is InChI=1S/C15H18N6O2/c1-11(22)17-14-5-8-21(19-14)13-4-7-20(10-13)15(23)18-12-3-2-6-16-9-12/h2-3,5-6,8-9,13H,4,7,10H2,1H3,(H,18,23)(H,17,19,22)/t13-/m1/s1. The first-order chi connectivity index (χ1) is 11.1. The van der Waals surface area contributed by atoms with Crippen molar-refractivity contribution in [1.29, 1.82) is 0 Å². The normalized spacial score (nSPS) is 17.1. The van der Waals surface area contributed by atoms with Crippen molar-refractivity contribution in [2.45, 2.75) is 19.4 Å². The van der Waals surface area contributed by atoms with Crippen LogP contribution in [0.4, 0.5) is 16.3 Å². The van der Waals surface area contributed by atoms with Gasteiger partial charge in [0.2, 0.25) is 5.91 Å². The van der Waals surface area contributed by atoms with Crippen molar-refractivity contribution < 1.29 is 9.59 Å². The van der Waals surface area contributed by atoms with Gasteiger partial charge in [-0.1, -0.05) is 0 Å². The summed E-state index contributed by atoms with van der Waals surface area (Å²) in [6.07, 6.45) is 5.91. The Hall–Kier alpha value is -2.90. The number of aromatic nitrogens is 3. The van der Waals surface area contributed by atoms with Gasteiger partial charge in [0.15, 0.2) is 5.82 Å². The number of amides is 3. The average molecular weight is 314 g/mol. The van der Waals surface area contributed by atoms with E-state index in [0.717, 1.165) is 6.42 Å². The Labute approximate surface area is 133 Å². The van der Waals surface area contributed by atoms with E-state index in [1.807, 2.05) is 6.20 Å². The molecule has 8 heteroatoms. The molecular weight excluding hydrogens is 296 g/mol. The van der Waals surface area contributed by atoms with Crippen LogP contribution in [0.2, 0.25) is 0 Å². The second-order valence-electron chi connectivity index (χ2n) is 5.42. The first-order valence-electron chi connectivity index (χ1n) is 7.40. The van der Waals surface area contributed by atoms with Crippen LogP contribution >= 0.6 is 0 Å². The minimum Gasteiger partial charge on any atom is -0.322 e. The van der Waals surface area contributed by atoms with Crippen molar-refractivity contribution in [3.63, 3.8) is 0 Å². The lowest BCUT2D eigenvalue weighted by Crippen LogP contribution is -2.33. The molecule has 0 bridgehead atoms. The SMILES string of the molecule is CC(=O)Nc1ccn([C@@H]2CCN(C(=O)Nc3cccnc3)C2)n1. The van der Waals surface area contributed by atoms with Crippen molar-refractivity contribution in [1.82, 2.24) is 19.7 Å². The number of hydrogen-bond acceptors (Lipinski definition) is 4. The molecule has 0 radical (unpaired) electrons. The quantitative estimate of drug-likeness (QED) is 0.902. The summed E-state index contributed by atoms with van der Waals surface area (Å²) in [6.45, 7) is 2.68. The van der Waals surface area contributed by atoms with Gasteiger partial charge in [-0.2, -0.15) is 5.10 Å². The topological polar surface area (TPSA) is 92.2 Å². The molecule has 0 aromatic carbocycles. The van der Waals surface area contributed by atoms with Crippen molar-refractivity contribution in [3.8, 4) is 0 Å². The van der Waals surface area contributed by atoms with Crippen molar-refractivity contribution in [3.05, 3.63) is 36.8 Å². The van der Waals surface area contributed by atoms with Crippen molar-refractivity contribution >= 4 is 23.4 Å². The fourth-order valence-corrected chi connectivity index (χ4v) is 2.57. The Morgan fingerprint density at radius 3 is 2.91 bits per heavy atom. The Balaban J connectivity index is 1.58. The number of carbonyl (C=O) groups excluding carboxylic acids is 2. The maximum absolute atomic E-state index is 12.2. The van der Waals surface area contributed by atoms with Gasteiger partial charge in [-0.25, -0.2) is 4.79 Å². The smallest absolute Gasteiger partial charge is 0.321 e. The minimum atomic E-state index is -0.154. The highest BCUT2D eigenvalue weighted by Gasteiger charge is 2.28. The van der Waals surface area contributed by atoms with Crippen LogP contribution < -0.4 is 10.6 Å². The number of urea groups is 1. The molecule has 1 fully saturated rings. The summed E-state index contributed by atoms with van der Waals surface area (Å²) in [5.41, 5.74) is 0.674. The van der Waals surface area contributed by atoms with Crippen molar-refractivity contribution in [2.24, 2.45) is 0 Å². The van der Waals surface area contributed by atoms with Crippen LogP contribution in [0.5, 0.6) is 0 Å². The van der Waals surface area contributed by atoms with Gasteiger partial charge in [0.1, 0.15) is 0 Å². The number of anilines is 2. The van der Waals surface area contributed by atoms with Crippen LogP contribution in [0, 0.1) is 0 Å². The van der Waals surface area contributed by atoms with E-state index in [4.69, 9.17) is 0 Å². The van der Waals surface area contributed by atoms with Gasteiger partial charge in [-0.05, 0) is 18.6 Å². The van der Waals surface area contributed by atoms with Crippen LogP contribution in [0.1, 0.15) is 19.4 Å². The molecule has 120 valence electrons. The van der Waals surface area contributed by atoms with Gasteiger partial charge in [0, 0.05) is 38.5 Å². The zero-order valence-electron chi connectivity index (χ0n) is 12.8. The average Bonchev–Trinajstić information content (AvgIpc) is 3.16.